The summed E-state index contributed by atoms with van der Waals surface area (Å²) < 4.78 is 14.8. The molecule has 1 aromatic carbocycles. The van der Waals surface area contributed by atoms with Crippen molar-refractivity contribution < 1.29 is 18.8 Å². The molecule has 1 unspecified atom stereocenters. The van der Waals surface area contributed by atoms with Gasteiger partial charge in [0.2, 0.25) is 17.7 Å². The zero-order valence-electron chi connectivity index (χ0n) is 17.7. The quantitative estimate of drug-likeness (QED) is 0.506. The van der Waals surface area contributed by atoms with Gasteiger partial charge in [-0.3, -0.25) is 29.1 Å². The standard InChI is InChI=1S/C22H22Cl2FN3O4/c1-22(2,12-8-16(25)28(3)18(30)9-12)21(32)26-10-11-6-14(23)19(15(24)7-11)13-4-5-17(29)27-20(13)31/h6-9,13H,4-5,10H2,1-3H3,(H,26,32)(H,27,29,31). The molecule has 170 valence electrons. The molecule has 0 spiro atoms. The smallest absolute Gasteiger partial charge is 0.252 e. The van der Waals surface area contributed by atoms with Crippen LogP contribution in [-0.2, 0) is 33.4 Å². The second-order valence-corrected chi connectivity index (χ2v) is 9.06. The summed E-state index contributed by atoms with van der Waals surface area (Å²) in [5.74, 6) is -2.58. The van der Waals surface area contributed by atoms with Crippen molar-refractivity contribution in [1.82, 2.24) is 15.2 Å². The largest absolute Gasteiger partial charge is 0.351 e. The molecule has 7 nitrogen and oxygen atoms in total. The van der Waals surface area contributed by atoms with E-state index in [1.807, 2.05) is 0 Å². The zero-order chi connectivity index (χ0) is 23.8. The summed E-state index contributed by atoms with van der Waals surface area (Å²) >= 11 is 12.8. The predicted molar refractivity (Wildman–Crippen MR) is 118 cm³/mol. The number of aromatic nitrogens is 1. The van der Waals surface area contributed by atoms with Crippen LogP contribution in [0.4, 0.5) is 4.39 Å². The van der Waals surface area contributed by atoms with E-state index < -0.39 is 34.7 Å². The van der Waals surface area contributed by atoms with Crippen molar-refractivity contribution in [2.24, 2.45) is 7.05 Å². The van der Waals surface area contributed by atoms with Crippen molar-refractivity contribution in [3.05, 3.63) is 67.3 Å². The maximum Gasteiger partial charge on any atom is 0.252 e. The van der Waals surface area contributed by atoms with Crippen LogP contribution < -0.4 is 16.2 Å². The second-order valence-electron chi connectivity index (χ2n) is 8.25. The van der Waals surface area contributed by atoms with E-state index in [0.29, 0.717) is 17.5 Å². The van der Waals surface area contributed by atoms with E-state index in [4.69, 9.17) is 23.2 Å². The van der Waals surface area contributed by atoms with Gasteiger partial charge in [0.15, 0.2) is 5.95 Å². The number of halogens is 3. The van der Waals surface area contributed by atoms with Gasteiger partial charge in [-0.2, -0.15) is 4.39 Å². The predicted octanol–water partition coefficient (Wildman–Crippen LogP) is 2.95. The van der Waals surface area contributed by atoms with Crippen LogP contribution in [0.3, 0.4) is 0 Å². The van der Waals surface area contributed by atoms with Gasteiger partial charge in [0.1, 0.15) is 0 Å². The average Bonchev–Trinajstić information content (AvgIpc) is 2.70. The van der Waals surface area contributed by atoms with Gasteiger partial charge in [-0.1, -0.05) is 23.2 Å². The summed E-state index contributed by atoms with van der Waals surface area (Å²) in [6.45, 7) is 3.25. The van der Waals surface area contributed by atoms with Gasteiger partial charge in [0.05, 0.1) is 11.3 Å². The van der Waals surface area contributed by atoms with Crippen molar-refractivity contribution in [3.63, 3.8) is 0 Å². The highest BCUT2D eigenvalue weighted by atomic mass is 35.5. The van der Waals surface area contributed by atoms with E-state index in [1.165, 1.54) is 13.1 Å². The first kappa shape index (κ1) is 23.9. The first-order valence-corrected chi connectivity index (χ1v) is 10.6. The number of piperidine rings is 1. The molecule has 2 aromatic rings. The first-order valence-electron chi connectivity index (χ1n) is 9.88. The van der Waals surface area contributed by atoms with Crippen LogP contribution in [0, 0.1) is 5.95 Å². The fraction of sp³-hybridized carbons (Fsp3) is 0.364. The maximum atomic E-state index is 14.0. The lowest BCUT2D eigenvalue weighted by Gasteiger charge is -2.25. The number of hydrogen-bond donors (Lipinski definition) is 2. The Kier molecular flexibility index (Phi) is 6.76. The molecule has 1 aromatic heterocycles. The fourth-order valence-electron chi connectivity index (χ4n) is 3.54. The van der Waals surface area contributed by atoms with Gasteiger partial charge < -0.3 is 5.32 Å². The van der Waals surface area contributed by atoms with Crippen LogP contribution in [-0.4, -0.2) is 22.3 Å². The number of imide groups is 1. The van der Waals surface area contributed by atoms with Gasteiger partial charge in [-0.25, -0.2) is 0 Å². The minimum atomic E-state index is -1.17. The molecule has 1 atom stereocenters. The molecule has 2 heterocycles. The molecule has 1 aliphatic rings. The van der Waals surface area contributed by atoms with Crippen molar-refractivity contribution in [1.29, 1.82) is 0 Å². The lowest BCUT2D eigenvalue weighted by molar-refractivity contribution is -0.134. The Labute approximate surface area is 193 Å². The Morgan fingerprint density at radius 3 is 2.38 bits per heavy atom. The van der Waals surface area contributed by atoms with E-state index in [0.717, 1.165) is 10.6 Å². The third-order valence-corrected chi connectivity index (χ3v) is 6.30. The Morgan fingerprint density at radius 2 is 1.81 bits per heavy atom. The Balaban J connectivity index is 1.77. The lowest BCUT2D eigenvalue weighted by Crippen LogP contribution is -2.41. The average molecular weight is 482 g/mol. The number of carbonyl (C=O) groups is 3. The van der Waals surface area contributed by atoms with Crippen LogP contribution in [0.2, 0.25) is 10.0 Å². The highest BCUT2D eigenvalue weighted by molar-refractivity contribution is 6.36. The van der Waals surface area contributed by atoms with Gasteiger partial charge in [0, 0.05) is 41.7 Å². The molecule has 1 fully saturated rings. The number of amides is 3. The van der Waals surface area contributed by atoms with Crippen LogP contribution in [0.15, 0.2) is 29.1 Å². The van der Waals surface area contributed by atoms with Gasteiger partial charge in [-0.05, 0) is 49.6 Å². The number of nitrogens with one attached hydrogen (secondary N) is 2. The van der Waals surface area contributed by atoms with Crippen LogP contribution in [0.25, 0.3) is 0 Å². The molecular weight excluding hydrogens is 460 g/mol. The van der Waals surface area contributed by atoms with Gasteiger partial charge in [-0.15, -0.1) is 0 Å². The topological polar surface area (TPSA) is 97.3 Å². The highest BCUT2D eigenvalue weighted by Crippen LogP contribution is 2.37. The monoisotopic (exact) mass is 481 g/mol. The summed E-state index contributed by atoms with van der Waals surface area (Å²) in [6, 6.07) is 5.57. The summed E-state index contributed by atoms with van der Waals surface area (Å²) in [7, 11) is 1.31. The van der Waals surface area contributed by atoms with E-state index in [1.54, 1.807) is 26.0 Å². The number of nitrogens with zero attached hydrogens (tertiary/aromatic N) is 1. The molecule has 3 rings (SSSR count). The maximum absolute atomic E-state index is 14.0. The summed E-state index contributed by atoms with van der Waals surface area (Å²) in [5, 5.41) is 5.53. The third-order valence-electron chi connectivity index (χ3n) is 5.67. The number of rotatable bonds is 5. The molecule has 0 bridgehead atoms. The molecule has 2 N–H and O–H groups in total. The lowest BCUT2D eigenvalue weighted by atomic mass is 9.84. The Morgan fingerprint density at radius 1 is 1.19 bits per heavy atom. The van der Waals surface area contributed by atoms with Gasteiger partial charge >= 0.3 is 0 Å². The zero-order valence-corrected chi connectivity index (χ0v) is 19.2. The van der Waals surface area contributed by atoms with Crippen LogP contribution in [0.1, 0.15) is 49.3 Å². The number of carbonyl (C=O) groups excluding carboxylic acids is 3. The minimum absolute atomic E-state index is 0.0741. The normalized spacial score (nSPS) is 16.6. The van der Waals surface area contributed by atoms with Crippen molar-refractivity contribution in [2.45, 2.75) is 44.6 Å². The third kappa shape index (κ3) is 4.71. The summed E-state index contributed by atoms with van der Waals surface area (Å²) in [5.41, 5.74) is -0.447. The molecule has 1 aliphatic heterocycles. The fourth-order valence-corrected chi connectivity index (χ4v) is 4.33. The van der Waals surface area contributed by atoms with Crippen LogP contribution >= 0.6 is 23.2 Å². The molecule has 0 saturated carbocycles. The van der Waals surface area contributed by atoms with E-state index in [9.17, 15) is 23.6 Å². The Bertz CT molecular complexity index is 1150. The van der Waals surface area contributed by atoms with E-state index in [-0.39, 0.29) is 34.5 Å². The van der Waals surface area contributed by atoms with Gasteiger partial charge in [0.25, 0.3) is 5.56 Å². The molecule has 0 radical (unpaired) electrons. The summed E-state index contributed by atoms with van der Waals surface area (Å²) in [4.78, 5) is 48.3. The number of benzene rings is 1. The van der Waals surface area contributed by atoms with Crippen molar-refractivity contribution in [2.75, 3.05) is 0 Å². The number of pyridine rings is 1. The Hall–Kier alpha value is -2.71. The molecule has 32 heavy (non-hydrogen) atoms. The van der Waals surface area contributed by atoms with Crippen molar-refractivity contribution >= 4 is 40.9 Å². The first-order chi connectivity index (χ1) is 14.9. The van der Waals surface area contributed by atoms with E-state index >= 15 is 0 Å². The van der Waals surface area contributed by atoms with Crippen molar-refractivity contribution in [3.8, 4) is 0 Å². The second kappa shape index (κ2) is 9.03. The number of hydrogen-bond acceptors (Lipinski definition) is 4. The molecule has 1 saturated heterocycles. The highest BCUT2D eigenvalue weighted by Gasteiger charge is 2.33. The minimum Gasteiger partial charge on any atom is -0.351 e. The molecule has 3 amide bonds. The van der Waals surface area contributed by atoms with E-state index in [2.05, 4.69) is 10.6 Å². The molecule has 0 aliphatic carbocycles. The van der Waals surface area contributed by atoms with Crippen LogP contribution in [0.5, 0.6) is 0 Å². The summed E-state index contributed by atoms with van der Waals surface area (Å²) in [6.07, 6.45) is 0.501. The SMILES string of the molecule is Cn1c(F)cc(C(C)(C)C(=O)NCc2cc(Cl)c(C3CCC(=O)NC3=O)c(Cl)c2)cc1=O. The molecule has 10 heteroatoms. The molecular formula is C22H22Cl2FN3O4.